The number of halogens is 1. The summed E-state index contributed by atoms with van der Waals surface area (Å²) in [7, 11) is 0. The van der Waals surface area contributed by atoms with Gasteiger partial charge in [0.05, 0.1) is 12.1 Å². The van der Waals surface area contributed by atoms with Gasteiger partial charge >= 0.3 is 0 Å². The van der Waals surface area contributed by atoms with Crippen molar-refractivity contribution in [1.82, 2.24) is 15.5 Å². The third kappa shape index (κ3) is 2.48. The van der Waals surface area contributed by atoms with Gasteiger partial charge in [0.1, 0.15) is 0 Å². The van der Waals surface area contributed by atoms with E-state index in [2.05, 4.69) is 15.5 Å². The Morgan fingerprint density at radius 2 is 2.38 bits per heavy atom. The van der Waals surface area contributed by atoms with E-state index in [1.54, 1.807) is 6.07 Å². The summed E-state index contributed by atoms with van der Waals surface area (Å²) in [4.78, 5) is 11.7. The van der Waals surface area contributed by atoms with E-state index in [0.717, 1.165) is 6.42 Å². The first-order valence-corrected chi connectivity index (χ1v) is 5.46. The van der Waals surface area contributed by atoms with Crippen LogP contribution in [0.4, 0.5) is 0 Å². The molecular formula is C10H12ClN3O2. The number of carbonyl (C=O) groups excluding carboxylic acids is 1. The maximum Gasteiger partial charge on any atom is 0.272 e. The Bertz CT molecular complexity index is 382. The molecule has 1 aliphatic heterocycles. The second-order valence-corrected chi connectivity index (χ2v) is 4.07. The molecule has 0 radical (unpaired) electrons. The molecule has 2 rings (SSSR count). The molecular weight excluding hydrogens is 230 g/mol. The van der Waals surface area contributed by atoms with E-state index in [-0.39, 0.29) is 28.9 Å². The van der Waals surface area contributed by atoms with E-state index in [9.17, 15) is 4.79 Å². The van der Waals surface area contributed by atoms with Crippen molar-refractivity contribution in [1.29, 1.82) is 0 Å². The Morgan fingerprint density at radius 3 is 2.94 bits per heavy atom. The molecule has 2 heterocycles. The van der Waals surface area contributed by atoms with E-state index >= 15 is 0 Å². The van der Waals surface area contributed by atoms with Crippen LogP contribution in [0.3, 0.4) is 0 Å². The van der Waals surface area contributed by atoms with E-state index in [1.165, 1.54) is 6.07 Å². The molecule has 1 N–H and O–H groups in total. The summed E-state index contributed by atoms with van der Waals surface area (Å²) in [5.41, 5.74) is 0.267. The van der Waals surface area contributed by atoms with Crippen molar-refractivity contribution >= 4 is 17.5 Å². The average Bonchev–Trinajstić information content (AvgIpc) is 2.65. The fourth-order valence-corrected chi connectivity index (χ4v) is 1.70. The number of amides is 1. The minimum atomic E-state index is -0.244. The molecule has 1 amide bonds. The van der Waals surface area contributed by atoms with Crippen molar-refractivity contribution in [2.75, 3.05) is 6.61 Å². The first kappa shape index (κ1) is 11.3. The summed E-state index contributed by atoms with van der Waals surface area (Å²) in [5, 5.41) is 10.5. The minimum Gasteiger partial charge on any atom is -0.376 e. The van der Waals surface area contributed by atoms with Crippen LogP contribution in [0.5, 0.6) is 0 Å². The Morgan fingerprint density at radius 1 is 1.56 bits per heavy atom. The number of hydrogen-bond acceptors (Lipinski definition) is 4. The Kier molecular flexibility index (Phi) is 3.36. The molecule has 5 nitrogen and oxygen atoms in total. The molecule has 86 valence electrons. The number of nitrogens with one attached hydrogen (secondary N) is 1. The van der Waals surface area contributed by atoms with Crippen LogP contribution < -0.4 is 5.32 Å². The molecule has 0 aliphatic carbocycles. The van der Waals surface area contributed by atoms with E-state index in [0.29, 0.717) is 6.61 Å². The quantitative estimate of drug-likeness (QED) is 0.840. The molecule has 2 unspecified atom stereocenters. The van der Waals surface area contributed by atoms with Crippen LogP contribution in [0.2, 0.25) is 5.15 Å². The second-order valence-electron chi connectivity index (χ2n) is 3.69. The molecule has 1 aromatic rings. The molecule has 1 saturated heterocycles. The number of carbonyl (C=O) groups is 1. The van der Waals surface area contributed by atoms with Crippen molar-refractivity contribution in [3.8, 4) is 0 Å². The molecule has 0 spiro atoms. The molecule has 16 heavy (non-hydrogen) atoms. The second kappa shape index (κ2) is 4.76. The van der Waals surface area contributed by atoms with Crippen LogP contribution in [0.1, 0.15) is 23.8 Å². The van der Waals surface area contributed by atoms with Crippen LogP contribution >= 0.6 is 11.6 Å². The Hall–Kier alpha value is -1.20. The van der Waals surface area contributed by atoms with Crippen LogP contribution in [-0.4, -0.2) is 34.9 Å². The third-order valence-electron chi connectivity index (χ3n) is 2.56. The molecule has 0 aromatic carbocycles. The van der Waals surface area contributed by atoms with Gasteiger partial charge in [-0.15, -0.1) is 10.2 Å². The largest absolute Gasteiger partial charge is 0.376 e. The molecule has 1 fully saturated rings. The van der Waals surface area contributed by atoms with Gasteiger partial charge in [-0.2, -0.15) is 0 Å². The summed E-state index contributed by atoms with van der Waals surface area (Å²) in [6.45, 7) is 2.61. The predicted octanol–water partition coefficient (Wildman–Crippen LogP) is 1.04. The highest BCUT2D eigenvalue weighted by molar-refractivity contribution is 6.29. The summed E-state index contributed by atoms with van der Waals surface area (Å²) >= 11 is 5.58. The van der Waals surface area contributed by atoms with Gasteiger partial charge in [0.2, 0.25) is 0 Å². The lowest BCUT2D eigenvalue weighted by Crippen LogP contribution is -2.39. The standard InChI is InChI=1S/C10H12ClN3O2/c1-6-7(4-5-16-6)12-10(15)8-2-3-9(11)14-13-8/h2-3,6-7H,4-5H2,1H3,(H,12,15). The predicted molar refractivity (Wildman–Crippen MR) is 58.3 cm³/mol. The van der Waals surface area contributed by atoms with E-state index < -0.39 is 0 Å². The van der Waals surface area contributed by atoms with Gasteiger partial charge < -0.3 is 10.1 Å². The van der Waals surface area contributed by atoms with Crippen molar-refractivity contribution in [3.05, 3.63) is 23.0 Å². The zero-order chi connectivity index (χ0) is 11.5. The van der Waals surface area contributed by atoms with Gasteiger partial charge in [0.15, 0.2) is 10.8 Å². The fourth-order valence-electron chi connectivity index (χ4n) is 1.60. The number of ether oxygens (including phenoxy) is 1. The third-order valence-corrected chi connectivity index (χ3v) is 2.76. The smallest absolute Gasteiger partial charge is 0.272 e. The number of nitrogens with zero attached hydrogens (tertiary/aromatic N) is 2. The summed E-state index contributed by atoms with van der Waals surface area (Å²) in [6.07, 6.45) is 0.873. The van der Waals surface area contributed by atoms with Crippen LogP contribution in [-0.2, 0) is 4.74 Å². The van der Waals surface area contributed by atoms with Crippen LogP contribution in [0.15, 0.2) is 12.1 Å². The van der Waals surface area contributed by atoms with Gasteiger partial charge in [0, 0.05) is 6.61 Å². The van der Waals surface area contributed by atoms with Crippen molar-refractivity contribution in [2.45, 2.75) is 25.5 Å². The van der Waals surface area contributed by atoms with Gasteiger partial charge in [-0.05, 0) is 25.5 Å². The average molecular weight is 242 g/mol. The van der Waals surface area contributed by atoms with Crippen LogP contribution in [0.25, 0.3) is 0 Å². The topological polar surface area (TPSA) is 64.1 Å². The minimum absolute atomic E-state index is 0.0456. The highest BCUT2D eigenvalue weighted by Crippen LogP contribution is 2.13. The molecule has 0 bridgehead atoms. The zero-order valence-electron chi connectivity index (χ0n) is 8.81. The maximum absolute atomic E-state index is 11.7. The molecule has 2 atom stereocenters. The number of rotatable bonds is 2. The highest BCUT2D eigenvalue weighted by atomic mass is 35.5. The monoisotopic (exact) mass is 241 g/mol. The first-order chi connectivity index (χ1) is 7.66. The molecule has 1 aromatic heterocycles. The van der Waals surface area contributed by atoms with Crippen molar-refractivity contribution in [2.24, 2.45) is 0 Å². The zero-order valence-corrected chi connectivity index (χ0v) is 9.57. The van der Waals surface area contributed by atoms with Gasteiger partial charge in [0.25, 0.3) is 5.91 Å². The summed E-state index contributed by atoms with van der Waals surface area (Å²) in [5.74, 6) is -0.244. The molecule has 0 saturated carbocycles. The lowest BCUT2D eigenvalue weighted by Gasteiger charge is -2.15. The van der Waals surface area contributed by atoms with Gasteiger partial charge in [-0.1, -0.05) is 11.6 Å². The van der Waals surface area contributed by atoms with E-state index in [1.807, 2.05) is 6.92 Å². The van der Waals surface area contributed by atoms with Crippen molar-refractivity contribution in [3.63, 3.8) is 0 Å². The lowest BCUT2D eigenvalue weighted by molar-refractivity contribution is 0.0861. The lowest BCUT2D eigenvalue weighted by atomic mass is 10.1. The van der Waals surface area contributed by atoms with E-state index in [4.69, 9.17) is 16.3 Å². The SMILES string of the molecule is CC1OCCC1NC(=O)c1ccc(Cl)nn1. The first-order valence-electron chi connectivity index (χ1n) is 5.08. The fraction of sp³-hybridized carbons (Fsp3) is 0.500. The summed E-state index contributed by atoms with van der Waals surface area (Å²) < 4.78 is 5.35. The normalized spacial score (nSPS) is 24.4. The van der Waals surface area contributed by atoms with Gasteiger partial charge in [-0.3, -0.25) is 4.79 Å². The van der Waals surface area contributed by atoms with Crippen molar-refractivity contribution < 1.29 is 9.53 Å². The molecule has 1 aliphatic rings. The Labute approximate surface area is 98.2 Å². The van der Waals surface area contributed by atoms with Gasteiger partial charge in [-0.25, -0.2) is 0 Å². The molecule has 6 heteroatoms. The maximum atomic E-state index is 11.7. The number of aromatic nitrogens is 2. The Balaban J connectivity index is 2.00. The summed E-state index contributed by atoms with van der Waals surface area (Å²) in [6, 6.07) is 3.13. The number of hydrogen-bond donors (Lipinski definition) is 1. The highest BCUT2D eigenvalue weighted by Gasteiger charge is 2.26. The van der Waals surface area contributed by atoms with Crippen LogP contribution in [0, 0.1) is 0 Å².